The smallest absolute Gasteiger partial charge is 0.132 e. The zero-order chi connectivity index (χ0) is 14.4. The lowest BCUT2D eigenvalue weighted by molar-refractivity contribution is 0.297. The number of benzene rings is 2. The number of aliphatic hydroxyl groups excluding tert-OH is 1. The summed E-state index contributed by atoms with van der Waals surface area (Å²) in [6, 6.07) is 15.6. The molecule has 3 heteroatoms. The van der Waals surface area contributed by atoms with E-state index in [1.54, 1.807) is 0 Å². The lowest BCUT2D eigenvalue weighted by atomic mass is 10.0. The predicted molar refractivity (Wildman–Crippen MR) is 81.0 cm³/mol. The molecule has 0 amide bonds. The van der Waals surface area contributed by atoms with Gasteiger partial charge in [-0.2, -0.15) is 0 Å². The Morgan fingerprint density at radius 1 is 1.05 bits per heavy atom. The molecule has 0 aliphatic carbocycles. The van der Waals surface area contributed by atoms with Crippen molar-refractivity contribution in [3.8, 4) is 11.5 Å². The summed E-state index contributed by atoms with van der Waals surface area (Å²) in [4.78, 5) is 0. The molecule has 0 saturated carbocycles. The Morgan fingerprint density at radius 3 is 2.40 bits per heavy atom. The molecule has 0 aliphatic heterocycles. The Labute approximate surface area is 120 Å². The lowest BCUT2D eigenvalue weighted by Gasteiger charge is -2.17. The molecule has 0 saturated heterocycles. The van der Waals surface area contributed by atoms with Gasteiger partial charge in [0.05, 0.1) is 0 Å². The van der Waals surface area contributed by atoms with E-state index in [9.17, 15) is 0 Å². The number of ether oxygens (including phenoxy) is 1. The third-order valence-electron chi connectivity index (χ3n) is 3.33. The molecule has 2 rings (SSSR count). The molecule has 106 valence electrons. The highest BCUT2D eigenvalue weighted by Crippen LogP contribution is 2.31. The molecule has 0 fully saturated rings. The van der Waals surface area contributed by atoms with E-state index in [1.807, 2.05) is 48.5 Å². The van der Waals surface area contributed by atoms with E-state index in [-0.39, 0.29) is 12.6 Å². The summed E-state index contributed by atoms with van der Waals surface area (Å²) in [5.41, 5.74) is 8.13. The average Bonchev–Trinajstić information content (AvgIpc) is 2.49. The second-order valence-electron chi connectivity index (χ2n) is 4.74. The fraction of sp³-hybridized carbons (Fsp3) is 0.294. The van der Waals surface area contributed by atoms with E-state index in [1.165, 1.54) is 0 Å². The number of aliphatic hydroxyl groups is 1. The molecule has 0 aromatic heterocycles. The fourth-order valence-corrected chi connectivity index (χ4v) is 2.15. The molecule has 0 bridgehead atoms. The highest BCUT2D eigenvalue weighted by atomic mass is 16.5. The summed E-state index contributed by atoms with van der Waals surface area (Å²) in [5.74, 6) is 1.56. The predicted octanol–water partition coefficient (Wildman–Crippen LogP) is 3.42. The van der Waals surface area contributed by atoms with Crippen molar-refractivity contribution < 1.29 is 9.84 Å². The normalized spacial score (nSPS) is 12.2. The van der Waals surface area contributed by atoms with Gasteiger partial charge in [0.2, 0.25) is 0 Å². The minimum atomic E-state index is -0.0313. The summed E-state index contributed by atoms with van der Waals surface area (Å²) in [6.07, 6.45) is 1.44. The van der Waals surface area contributed by atoms with Crippen LogP contribution in [0.4, 0.5) is 0 Å². The second kappa shape index (κ2) is 7.08. The van der Waals surface area contributed by atoms with E-state index in [0.29, 0.717) is 6.42 Å². The van der Waals surface area contributed by atoms with Crippen LogP contribution in [0.1, 0.15) is 30.5 Å². The van der Waals surface area contributed by atoms with Gasteiger partial charge in [-0.3, -0.25) is 0 Å². The monoisotopic (exact) mass is 271 g/mol. The summed E-state index contributed by atoms with van der Waals surface area (Å²) < 4.78 is 6.03. The molecule has 0 radical (unpaired) electrons. The van der Waals surface area contributed by atoms with Crippen LogP contribution in [0, 0.1) is 0 Å². The van der Waals surface area contributed by atoms with Crippen molar-refractivity contribution in [3.63, 3.8) is 0 Å². The van der Waals surface area contributed by atoms with Gasteiger partial charge in [0.25, 0.3) is 0 Å². The van der Waals surface area contributed by atoms with Gasteiger partial charge in [-0.1, -0.05) is 43.3 Å². The topological polar surface area (TPSA) is 55.5 Å². The molecular weight excluding hydrogens is 250 g/mol. The van der Waals surface area contributed by atoms with Gasteiger partial charge in [-0.05, 0) is 30.5 Å². The first-order valence-corrected chi connectivity index (χ1v) is 6.97. The van der Waals surface area contributed by atoms with Crippen molar-refractivity contribution >= 4 is 0 Å². The maximum absolute atomic E-state index is 9.12. The van der Waals surface area contributed by atoms with Crippen LogP contribution in [0.3, 0.4) is 0 Å². The SMILES string of the molecule is CC[C@@H](N)c1ccccc1Oc1ccccc1CCO. The van der Waals surface area contributed by atoms with Gasteiger partial charge < -0.3 is 15.6 Å². The first-order chi connectivity index (χ1) is 9.76. The number of nitrogens with two attached hydrogens (primary N) is 1. The van der Waals surface area contributed by atoms with E-state index in [4.69, 9.17) is 15.6 Å². The standard InChI is InChI=1S/C17H21NO2/c1-2-15(18)14-8-4-6-10-17(14)20-16-9-5-3-7-13(16)11-12-19/h3-10,15,19H,2,11-12,18H2,1H3/t15-/m1/s1. The lowest BCUT2D eigenvalue weighted by Crippen LogP contribution is -2.10. The molecule has 20 heavy (non-hydrogen) atoms. The van der Waals surface area contributed by atoms with Crippen LogP contribution >= 0.6 is 0 Å². The quantitative estimate of drug-likeness (QED) is 0.846. The third-order valence-corrected chi connectivity index (χ3v) is 3.33. The summed E-state index contributed by atoms with van der Waals surface area (Å²) in [6.45, 7) is 2.16. The van der Waals surface area contributed by atoms with E-state index < -0.39 is 0 Å². The van der Waals surface area contributed by atoms with Crippen molar-refractivity contribution in [1.82, 2.24) is 0 Å². The van der Waals surface area contributed by atoms with Crippen LogP contribution in [0.15, 0.2) is 48.5 Å². The highest BCUT2D eigenvalue weighted by molar-refractivity contribution is 5.42. The van der Waals surface area contributed by atoms with Crippen LogP contribution in [-0.4, -0.2) is 11.7 Å². The van der Waals surface area contributed by atoms with Crippen molar-refractivity contribution in [2.45, 2.75) is 25.8 Å². The van der Waals surface area contributed by atoms with Gasteiger partial charge in [0.1, 0.15) is 11.5 Å². The number of hydrogen-bond donors (Lipinski definition) is 2. The zero-order valence-corrected chi connectivity index (χ0v) is 11.8. The van der Waals surface area contributed by atoms with Gasteiger partial charge >= 0.3 is 0 Å². The van der Waals surface area contributed by atoms with Crippen LogP contribution < -0.4 is 10.5 Å². The largest absolute Gasteiger partial charge is 0.457 e. The molecule has 0 heterocycles. The molecule has 2 aromatic rings. The minimum Gasteiger partial charge on any atom is -0.457 e. The summed E-state index contributed by atoms with van der Waals surface area (Å²) >= 11 is 0. The molecule has 1 atom stereocenters. The second-order valence-corrected chi connectivity index (χ2v) is 4.74. The minimum absolute atomic E-state index is 0.0313. The van der Waals surface area contributed by atoms with Gasteiger partial charge in [-0.15, -0.1) is 0 Å². The fourth-order valence-electron chi connectivity index (χ4n) is 2.15. The Balaban J connectivity index is 2.30. The number of para-hydroxylation sites is 2. The third kappa shape index (κ3) is 3.38. The van der Waals surface area contributed by atoms with E-state index in [0.717, 1.165) is 29.0 Å². The molecule has 0 unspecified atom stereocenters. The Hall–Kier alpha value is -1.84. The maximum Gasteiger partial charge on any atom is 0.132 e. The Morgan fingerprint density at radius 2 is 1.70 bits per heavy atom. The zero-order valence-electron chi connectivity index (χ0n) is 11.8. The van der Waals surface area contributed by atoms with Crippen LogP contribution in [0.2, 0.25) is 0 Å². The van der Waals surface area contributed by atoms with Gasteiger partial charge in [-0.25, -0.2) is 0 Å². The highest BCUT2D eigenvalue weighted by Gasteiger charge is 2.12. The summed E-state index contributed by atoms with van der Waals surface area (Å²) in [5, 5.41) is 9.12. The van der Waals surface area contributed by atoms with Crippen LogP contribution in [-0.2, 0) is 6.42 Å². The van der Waals surface area contributed by atoms with Crippen molar-refractivity contribution in [3.05, 3.63) is 59.7 Å². The molecule has 3 nitrogen and oxygen atoms in total. The van der Waals surface area contributed by atoms with Gasteiger partial charge in [0, 0.05) is 18.2 Å². The van der Waals surface area contributed by atoms with Crippen molar-refractivity contribution in [2.75, 3.05) is 6.61 Å². The number of rotatable bonds is 6. The van der Waals surface area contributed by atoms with E-state index >= 15 is 0 Å². The first-order valence-electron chi connectivity index (χ1n) is 6.97. The maximum atomic E-state index is 9.12. The molecule has 0 aliphatic rings. The molecule has 0 spiro atoms. The van der Waals surface area contributed by atoms with E-state index in [2.05, 4.69) is 6.92 Å². The average molecular weight is 271 g/mol. The molecule has 3 N–H and O–H groups in total. The van der Waals surface area contributed by atoms with Crippen molar-refractivity contribution in [2.24, 2.45) is 5.73 Å². The van der Waals surface area contributed by atoms with Gasteiger partial charge in [0.15, 0.2) is 0 Å². The number of hydrogen-bond acceptors (Lipinski definition) is 3. The first kappa shape index (κ1) is 14.6. The van der Waals surface area contributed by atoms with Crippen LogP contribution in [0.5, 0.6) is 11.5 Å². The van der Waals surface area contributed by atoms with Crippen LogP contribution in [0.25, 0.3) is 0 Å². The Kier molecular flexibility index (Phi) is 5.16. The Bertz CT molecular complexity index is 554. The molecule has 2 aromatic carbocycles. The summed E-state index contributed by atoms with van der Waals surface area (Å²) in [7, 11) is 0. The van der Waals surface area contributed by atoms with Crippen molar-refractivity contribution in [1.29, 1.82) is 0 Å². The molecular formula is C17H21NO2.